The summed E-state index contributed by atoms with van der Waals surface area (Å²) in [6.07, 6.45) is 3.18. The SMILES string of the molecule is CC(C)(C)CC(=O)CN=C1CCCc2cc(OCCCC(=O)ON3C(=O)CCC3=O)cc(O)c21. The average Bonchev–Trinajstić information content (AvgIpc) is 3.06. The van der Waals surface area contributed by atoms with Crippen LogP contribution in [0.5, 0.6) is 11.5 Å². The monoisotopic (exact) mass is 472 g/mol. The van der Waals surface area contributed by atoms with Crippen LogP contribution in [0.25, 0.3) is 0 Å². The van der Waals surface area contributed by atoms with E-state index in [-0.39, 0.29) is 49.4 Å². The molecule has 3 rings (SSSR count). The second kappa shape index (κ2) is 10.8. The summed E-state index contributed by atoms with van der Waals surface area (Å²) in [6, 6.07) is 3.36. The van der Waals surface area contributed by atoms with Gasteiger partial charge in [-0.1, -0.05) is 20.8 Å². The van der Waals surface area contributed by atoms with E-state index in [1.165, 1.54) is 6.07 Å². The summed E-state index contributed by atoms with van der Waals surface area (Å²) in [7, 11) is 0. The minimum Gasteiger partial charge on any atom is -0.507 e. The number of fused-ring (bicyclic) bond motifs is 1. The molecule has 0 spiro atoms. The molecule has 0 radical (unpaired) electrons. The van der Waals surface area contributed by atoms with Crippen molar-refractivity contribution >= 4 is 29.3 Å². The Balaban J connectivity index is 1.54. The fraction of sp³-hybridized carbons (Fsp3) is 0.560. The van der Waals surface area contributed by atoms with Crippen LogP contribution in [0.15, 0.2) is 17.1 Å². The maximum atomic E-state index is 12.2. The largest absolute Gasteiger partial charge is 0.507 e. The zero-order chi connectivity index (χ0) is 24.9. The molecule has 0 unspecified atom stereocenters. The van der Waals surface area contributed by atoms with Crippen molar-refractivity contribution in [2.45, 2.75) is 72.1 Å². The highest BCUT2D eigenvalue weighted by molar-refractivity contribution is 6.06. The number of aromatic hydroxyl groups is 1. The van der Waals surface area contributed by atoms with Gasteiger partial charge in [-0.2, -0.15) is 0 Å². The average molecular weight is 473 g/mol. The van der Waals surface area contributed by atoms with Gasteiger partial charge in [0.15, 0.2) is 5.78 Å². The summed E-state index contributed by atoms with van der Waals surface area (Å²) < 4.78 is 5.69. The molecule has 1 saturated heterocycles. The molecule has 1 N–H and O–H groups in total. The standard InChI is InChI=1S/C25H32N2O7/c1-25(2,3)14-17(28)15-26-19-7-4-6-16-12-18(13-20(29)24(16)19)33-11-5-8-23(32)34-27-21(30)9-10-22(27)31/h12-13,29H,4-11,14-15H2,1-3H3. The van der Waals surface area contributed by atoms with Gasteiger partial charge in [0.25, 0.3) is 11.8 Å². The van der Waals surface area contributed by atoms with Crippen molar-refractivity contribution in [2.24, 2.45) is 10.4 Å². The van der Waals surface area contributed by atoms with E-state index in [1.807, 2.05) is 26.8 Å². The second-order valence-corrected chi connectivity index (χ2v) is 9.87. The summed E-state index contributed by atoms with van der Waals surface area (Å²) in [5.74, 6) is -1.11. The highest BCUT2D eigenvalue weighted by atomic mass is 16.7. The number of aryl methyl sites for hydroxylation is 1. The molecule has 2 amide bonds. The molecule has 0 aromatic heterocycles. The second-order valence-electron chi connectivity index (χ2n) is 9.87. The number of phenols is 1. The van der Waals surface area contributed by atoms with Gasteiger partial charge in [0.1, 0.15) is 11.5 Å². The van der Waals surface area contributed by atoms with Crippen LogP contribution in [0.3, 0.4) is 0 Å². The molecule has 1 aliphatic carbocycles. The number of benzene rings is 1. The lowest BCUT2D eigenvalue weighted by Crippen LogP contribution is -2.32. The zero-order valence-corrected chi connectivity index (χ0v) is 20.0. The minimum absolute atomic E-state index is 0.0205. The quantitative estimate of drug-likeness (QED) is 0.432. The number of hydroxylamine groups is 2. The molecule has 1 heterocycles. The topological polar surface area (TPSA) is 123 Å². The molecule has 1 aliphatic heterocycles. The van der Waals surface area contributed by atoms with Crippen LogP contribution in [-0.2, 0) is 30.4 Å². The van der Waals surface area contributed by atoms with E-state index in [0.29, 0.717) is 35.6 Å². The van der Waals surface area contributed by atoms with Crippen molar-refractivity contribution in [1.82, 2.24) is 5.06 Å². The molecule has 9 heteroatoms. The number of carbonyl (C=O) groups excluding carboxylic acids is 4. The highest BCUT2D eigenvalue weighted by Crippen LogP contribution is 2.34. The molecule has 2 aliphatic rings. The van der Waals surface area contributed by atoms with Crippen LogP contribution in [0.2, 0.25) is 0 Å². The molecule has 1 aromatic rings. The summed E-state index contributed by atoms with van der Waals surface area (Å²) in [5, 5.41) is 11.2. The lowest BCUT2D eigenvalue weighted by atomic mass is 9.88. The fourth-order valence-electron chi connectivity index (χ4n) is 4.04. The summed E-state index contributed by atoms with van der Waals surface area (Å²) in [4.78, 5) is 56.4. The van der Waals surface area contributed by atoms with Crippen LogP contribution in [0.4, 0.5) is 0 Å². The van der Waals surface area contributed by atoms with Gasteiger partial charge in [-0.05, 0) is 42.7 Å². The minimum atomic E-state index is -0.678. The molecule has 0 bridgehead atoms. The van der Waals surface area contributed by atoms with Crippen LogP contribution >= 0.6 is 0 Å². The van der Waals surface area contributed by atoms with Crippen LogP contribution < -0.4 is 4.74 Å². The van der Waals surface area contributed by atoms with Gasteiger partial charge in [0.2, 0.25) is 0 Å². The number of ketones is 1. The van der Waals surface area contributed by atoms with Gasteiger partial charge in [-0.15, -0.1) is 5.06 Å². The summed E-state index contributed by atoms with van der Waals surface area (Å²) >= 11 is 0. The number of amides is 2. The van der Waals surface area contributed by atoms with Crippen molar-refractivity contribution in [1.29, 1.82) is 0 Å². The Kier molecular flexibility index (Phi) is 8.06. The molecule has 0 saturated carbocycles. The number of carbonyl (C=O) groups is 4. The Bertz CT molecular complexity index is 991. The first-order valence-corrected chi connectivity index (χ1v) is 11.6. The molecular formula is C25H32N2O7. The molecule has 0 atom stereocenters. The number of phenolic OH excluding ortho intramolecular Hbond substituents is 1. The fourth-order valence-corrected chi connectivity index (χ4v) is 4.04. The van der Waals surface area contributed by atoms with Gasteiger partial charge in [0.05, 0.1) is 19.6 Å². The number of aliphatic imine (C=N–C) groups is 1. The Morgan fingerprint density at radius 1 is 1.09 bits per heavy atom. The smallest absolute Gasteiger partial charge is 0.333 e. The molecule has 1 aromatic carbocycles. The maximum absolute atomic E-state index is 12.2. The normalized spacial score (nSPS) is 17.1. The van der Waals surface area contributed by atoms with Crippen LogP contribution in [-0.4, -0.2) is 52.6 Å². The van der Waals surface area contributed by atoms with E-state index in [2.05, 4.69) is 4.99 Å². The third kappa shape index (κ3) is 6.88. The zero-order valence-electron chi connectivity index (χ0n) is 20.0. The highest BCUT2D eigenvalue weighted by Gasteiger charge is 2.32. The first-order chi connectivity index (χ1) is 16.0. The number of hydrogen-bond acceptors (Lipinski definition) is 8. The van der Waals surface area contributed by atoms with E-state index in [9.17, 15) is 24.3 Å². The Hall–Kier alpha value is -3.23. The van der Waals surface area contributed by atoms with Gasteiger partial charge in [-0.25, -0.2) is 4.79 Å². The van der Waals surface area contributed by atoms with Gasteiger partial charge < -0.3 is 14.7 Å². The van der Waals surface area contributed by atoms with Crippen LogP contribution in [0, 0.1) is 5.41 Å². The predicted molar refractivity (Wildman–Crippen MR) is 123 cm³/mol. The third-order valence-electron chi connectivity index (χ3n) is 5.49. The lowest BCUT2D eigenvalue weighted by Gasteiger charge is -2.21. The van der Waals surface area contributed by atoms with Gasteiger partial charge >= 0.3 is 5.97 Å². The first-order valence-electron chi connectivity index (χ1n) is 11.6. The Morgan fingerprint density at radius 3 is 2.47 bits per heavy atom. The number of rotatable bonds is 9. The lowest BCUT2D eigenvalue weighted by molar-refractivity contribution is -0.197. The number of nitrogens with zero attached hydrogens (tertiary/aromatic N) is 2. The third-order valence-corrected chi connectivity index (χ3v) is 5.49. The van der Waals surface area contributed by atoms with Gasteiger partial charge in [0, 0.05) is 36.6 Å². The molecule has 1 fully saturated rings. The van der Waals surface area contributed by atoms with Crippen molar-refractivity contribution < 1.29 is 33.9 Å². The van der Waals surface area contributed by atoms with Crippen molar-refractivity contribution in [3.63, 3.8) is 0 Å². The predicted octanol–water partition coefficient (Wildman–Crippen LogP) is 3.29. The van der Waals surface area contributed by atoms with Crippen molar-refractivity contribution in [3.8, 4) is 11.5 Å². The Morgan fingerprint density at radius 2 is 1.79 bits per heavy atom. The number of Topliss-reactive ketones (excluding diaryl/α,β-unsaturated/α-hetero) is 1. The summed E-state index contributed by atoms with van der Waals surface area (Å²) in [6.45, 7) is 6.34. The number of imide groups is 1. The first kappa shape index (κ1) is 25.4. The van der Waals surface area contributed by atoms with E-state index in [0.717, 1.165) is 24.1 Å². The summed E-state index contributed by atoms with van der Waals surface area (Å²) in [5.41, 5.74) is 2.23. The van der Waals surface area contributed by atoms with E-state index in [4.69, 9.17) is 9.57 Å². The van der Waals surface area contributed by atoms with Crippen molar-refractivity contribution in [2.75, 3.05) is 13.2 Å². The van der Waals surface area contributed by atoms with E-state index in [1.54, 1.807) is 0 Å². The van der Waals surface area contributed by atoms with Crippen LogP contribution in [0.1, 0.15) is 76.8 Å². The molecule has 9 nitrogen and oxygen atoms in total. The van der Waals surface area contributed by atoms with Crippen molar-refractivity contribution in [3.05, 3.63) is 23.3 Å². The maximum Gasteiger partial charge on any atom is 0.333 e. The molecule has 34 heavy (non-hydrogen) atoms. The van der Waals surface area contributed by atoms with E-state index < -0.39 is 17.8 Å². The number of ether oxygens (including phenoxy) is 1. The molecular weight excluding hydrogens is 440 g/mol. The molecule has 184 valence electrons. The van der Waals surface area contributed by atoms with Gasteiger partial charge in [-0.3, -0.25) is 19.4 Å². The number of hydrogen-bond donors (Lipinski definition) is 1. The Labute approximate surface area is 199 Å². The van der Waals surface area contributed by atoms with E-state index >= 15 is 0 Å².